The van der Waals surface area contributed by atoms with Crippen LogP contribution in [0.2, 0.25) is 0 Å². The SMILES string of the molecule is CC(C)CNC(CN)c1ccc(Br)cc1F. The van der Waals surface area contributed by atoms with Crippen molar-refractivity contribution in [2.75, 3.05) is 13.1 Å². The number of rotatable bonds is 5. The summed E-state index contributed by atoms with van der Waals surface area (Å²) >= 11 is 3.24. The molecule has 2 nitrogen and oxygen atoms in total. The summed E-state index contributed by atoms with van der Waals surface area (Å²) in [4.78, 5) is 0. The Morgan fingerprint density at radius 2 is 2.12 bits per heavy atom. The van der Waals surface area contributed by atoms with E-state index in [1.807, 2.05) is 6.07 Å². The van der Waals surface area contributed by atoms with Crippen molar-refractivity contribution in [2.45, 2.75) is 19.9 Å². The molecule has 0 aliphatic carbocycles. The van der Waals surface area contributed by atoms with Crippen molar-refractivity contribution >= 4 is 15.9 Å². The fourth-order valence-electron chi connectivity index (χ4n) is 1.48. The molecular weight excluding hydrogens is 271 g/mol. The molecule has 0 aliphatic heterocycles. The third-order valence-corrected chi connectivity index (χ3v) is 2.84. The highest BCUT2D eigenvalue weighted by Crippen LogP contribution is 2.20. The molecule has 0 saturated heterocycles. The Morgan fingerprint density at radius 1 is 1.44 bits per heavy atom. The number of nitrogens with two attached hydrogens (primary N) is 1. The van der Waals surface area contributed by atoms with E-state index in [1.165, 1.54) is 6.07 Å². The van der Waals surface area contributed by atoms with Gasteiger partial charge in [-0.3, -0.25) is 0 Å². The Kier molecular flexibility index (Phi) is 5.38. The van der Waals surface area contributed by atoms with Crippen LogP contribution >= 0.6 is 15.9 Å². The second-order valence-electron chi connectivity index (χ2n) is 4.26. The normalized spacial score (nSPS) is 13.1. The highest BCUT2D eigenvalue weighted by Gasteiger charge is 2.14. The molecule has 90 valence electrons. The second kappa shape index (κ2) is 6.33. The van der Waals surface area contributed by atoms with Crippen LogP contribution in [0.3, 0.4) is 0 Å². The zero-order chi connectivity index (χ0) is 12.1. The molecule has 0 heterocycles. The average molecular weight is 289 g/mol. The third kappa shape index (κ3) is 3.85. The van der Waals surface area contributed by atoms with Gasteiger partial charge < -0.3 is 11.1 Å². The molecular formula is C12H18BrFN2. The van der Waals surface area contributed by atoms with E-state index in [4.69, 9.17) is 5.73 Å². The number of hydrogen-bond donors (Lipinski definition) is 2. The molecule has 0 fully saturated rings. The average Bonchev–Trinajstić information content (AvgIpc) is 2.21. The molecule has 1 rings (SSSR count). The summed E-state index contributed by atoms with van der Waals surface area (Å²) in [6, 6.07) is 4.95. The van der Waals surface area contributed by atoms with Gasteiger partial charge in [-0.2, -0.15) is 0 Å². The molecule has 0 aliphatic rings. The van der Waals surface area contributed by atoms with Crippen LogP contribution in [0.25, 0.3) is 0 Å². The van der Waals surface area contributed by atoms with Crippen molar-refractivity contribution in [1.29, 1.82) is 0 Å². The zero-order valence-corrected chi connectivity index (χ0v) is 11.2. The number of benzene rings is 1. The van der Waals surface area contributed by atoms with Crippen LogP contribution in [-0.2, 0) is 0 Å². The highest BCUT2D eigenvalue weighted by atomic mass is 79.9. The van der Waals surface area contributed by atoms with Crippen LogP contribution in [0.15, 0.2) is 22.7 Å². The van der Waals surface area contributed by atoms with Crippen LogP contribution in [0.1, 0.15) is 25.5 Å². The van der Waals surface area contributed by atoms with Gasteiger partial charge in [-0.25, -0.2) is 4.39 Å². The molecule has 0 aromatic heterocycles. The van der Waals surface area contributed by atoms with Gasteiger partial charge in [0.15, 0.2) is 0 Å². The lowest BCUT2D eigenvalue weighted by atomic mass is 10.1. The van der Waals surface area contributed by atoms with Crippen LogP contribution in [0, 0.1) is 11.7 Å². The summed E-state index contributed by atoms with van der Waals surface area (Å²) in [5.41, 5.74) is 6.29. The third-order valence-electron chi connectivity index (χ3n) is 2.35. The van der Waals surface area contributed by atoms with E-state index < -0.39 is 0 Å². The Labute approximate surface area is 105 Å². The fourth-order valence-corrected chi connectivity index (χ4v) is 1.82. The summed E-state index contributed by atoms with van der Waals surface area (Å²) < 4.78 is 14.4. The predicted molar refractivity (Wildman–Crippen MR) is 68.7 cm³/mol. The van der Waals surface area contributed by atoms with Crippen LogP contribution in [0.5, 0.6) is 0 Å². The van der Waals surface area contributed by atoms with E-state index in [2.05, 4.69) is 35.1 Å². The topological polar surface area (TPSA) is 38.0 Å². The molecule has 1 unspecified atom stereocenters. The van der Waals surface area contributed by atoms with Crippen LogP contribution in [0.4, 0.5) is 4.39 Å². The van der Waals surface area contributed by atoms with E-state index in [0.717, 1.165) is 11.0 Å². The first-order valence-electron chi connectivity index (χ1n) is 5.43. The van der Waals surface area contributed by atoms with E-state index in [-0.39, 0.29) is 11.9 Å². The summed E-state index contributed by atoms with van der Waals surface area (Å²) in [5.74, 6) is 0.300. The molecule has 0 bridgehead atoms. The number of halogens is 2. The van der Waals surface area contributed by atoms with Crippen molar-refractivity contribution < 1.29 is 4.39 Å². The largest absolute Gasteiger partial charge is 0.329 e. The van der Waals surface area contributed by atoms with Gasteiger partial charge in [0.2, 0.25) is 0 Å². The van der Waals surface area contributed by atoms with E-state index in [1.54, 1.807) is 6.07 Å². The molecule has 16 heavy (non-hydrogen) atoms. The van der Waals surface area contributed by atoms with Crippen LogP contribution < -0.4 is 11.1 Å². The van der Waals surface area contributed by atoms with E-state index >= 15 is 0 Å². The minimum absolute atomic E-state index is 0.115. The van der Waals surface area contributed by atoms with Gasteiger partial charge in [0.25, 0.3) is 0 Å². The molecule has 0 amide bonds. The molecule has 1 aromatic rings. The van der Waals surface area contributed by atoms with E-state index in [0.29, 0.717) is 18.0 Å². The molecule has 0 radical (unpaired) electrons. The first kappa shape index (κ1) is 13.6. The summed E-state index contributed by atoms with van der Waals surface area (Å²) in [5, 5.41) is 3.27. The van der Waals surface area contributed by atoms with Gasteiger partial charge in [0.1, 0.15) is 5.82 Å². The van der Waals surface area contributed by atoms with Crippen molar-refractivity contribution in [3.05, 3.63) is 34.1 Å². The maximum absolute atomic E-state index is 13.7. The first-order chi connectivity index (χ1) is 7.54. The maximum atomic E-state index is 13.7. The molecule has 4 heteroatoms. The Bertz CT molecular complexity index is 342. The van der Waals surface area contributed by atoms with Crippen molar-refractivity contribution in [1.82, 2.24) is 5.32 Å². The number of nitrogens with one attached hydrogen (secondary N) is 1. The van der Waals surface area contributed by atoms with Crippen molar-refractivity contribution in [3.8, 4) is 0 Å². The monoisotopic (exact) mass is 288 g/mol. The predicted octanol–water partition coefficient (Wildman–Crippen LogP) is 2.83. The first-order valence-corrected chi connectivity index (χ1v) is 6.22. The molecule has 0 saturated carbocycles. The van der Waals surface area contributed by atoms with Gasteiger partial charge in [-0.1, -0.05) is 35.8 Å². The van der Waals surface area contributed by atoms with Gasteiger partial charge in [0.05, 0.1) is 0 Å². The van der Waals surface area contributed by atoms with Crippen molar-refractivity contribution in [2.24, 2.45) is 11.7 Å². The summed E-state index contributed by atoms with van der Waals surface area (Å²) in [6.45, 7) is 5.44. The molecule has 1 aromatic carbocycles. The summed E-state index contributed by atoms with van der Waals surface area (Å²) in [6.07, 6.45) is 0. The van der Waals surface area contributed by atoms with Crippen LogP contribution in [-0.4, -0.2) is 13.1 Å². The molecule has 3 N–H and O–H groups in total. The quantitative estimate of drug-likeness (QED) is 0.874. The van der Waals surface area contributed by atoms with Gasteiger partial charge >= 0.3 is 0 Å². The molecule has 0 spiro atoms. The molecule has 1 atom stereocenters. The smallest absolute Gasteiger partial charge is 0.129 e. The zero-order valence-electron chi connectivity index (χ0n) is 9.63. The highest BCUT2D eigenvalue weighted by molar-refractivity contribution is 9.10. The lowest BCUT2D eigenvalue weighted by Gasteiger charge is -2.19. The Morgan fingerprint density at radius 3 is 2.62 bits per heavy atom. The lowest BCUT2D eigenvalue weighted by Crippen LogP contribution is -2.31. The van der Waals surface area contributed by atoms with E-state index in [9.17, 15) is 4.39 Å². The summed E-state index contributed by atoms with van der Waals surface area (Å²) in [7, 11) is 0. The van der Waals surface area contributed by atoms with Gasteiger partial charge in [-0.15, -0.1) is 0 Å². The minimum Gasteiger partial charge on any atom is -0.329 e. The second-order valence-corrected chi connectivity index (χ2v) is 5.17. The lowest BCUT2D eigenvalue weighted by molar-refractivity contribution is 0.462. The van der Waals surface area contributed by atoms with Gasteiger partial charge in [0, 0.05) is 22.6 Å². The standard InChI is InChI=1S/C12H18BrFN2/c1-8(2)7-16-12(6-15)10-4-3-9(13)5-11(10)14/h3-5,8,12,16H,6-7,15H2,1-2H3. The fraction of sp³-hybridized carbons (Fsp3) is 0.500. The minimum atomic E-state index is -0.221. The Balaban J connectivity index is 2.78. The van der Waals surface area contributed by atoms with Crippen molar-refractivity contribution in [3.63, 3.8) is 0 Å². The maximum Gasteiger partial charge on any atom is 0.129 e. The number of hydrogen-bond acceptors (Lipinski definition) is 2. The Hall–Kier alpha value is -0.450. The van der Waals surface area contributed by atoms with Gasteiger partial charge in [-0.05, 0) is 24.6 Å².